The van der Waals surface area contributed by atoms with Crippen LogP contribution in [0, 0.1) is 5.82 Å². The van der Waals surface area contributed by atoms with E-state index < -0.39 is 17.4 Å². The fraction of sp³-hybridized carbons (Fsp3) is 0.462. The summed E-state index contributed by atoms with van der Waals surface area (Å²) < 4.78 is 13.3. The molecule has 1 fully saturated rings. The summed E-state index contributed by atoms with van der Waals surface area (Å²) in [6.07, 6.45) is 3.49. The Morgan fingerprint density at radius 2 is 2.00 bits per heavy atom. The molecular weight excluding hydrogens is 235 g/mol. The minimum Gasteiger partial charge on any atom is -0.394 e. The topological polar surface area (TPSA) is 61.4 Å². The lowest BCUT2D eigenvalue weighted by atomic mass is 9.99. The largest absolute Gasteiger partial charge is 0.394 e. The van der Waals surface area contributed by atoms with Gasteiger partial charge in [-0.2, -0.15) is 0 Å². The molecule has 0 saturated heterocycles. The molecule has 1 aromatic rings. The lowest BCUT2D eigenvalue weighted by Gasteiger charge is -2.28. The van der Waals surface area contributed by atoms with E-state index in [1.807, 2.05) is 0 Å². The molecule has 1 saturated carbocycles. The van der Waals surface area contributed by atoms with Crippen molar-refractivity contribution in [1.82, 2.24) is 5.32 Å². The van der Waals surface area contributed by atoms with Crippen LogP contribution in [0.5, 0.6) is 0 Å². The SMILES string of the molecule is O=C(Nc1ccccc1F)NC1(CO)CCCC1. The van der Waals surface area contributed by atoms with E-state index in [2.05, 4.69) is 10.6 Å². The van der Waals surface area contributed by atoms with E-state index in [1.54, 1.807) is 12.1 Å². The molecule has 0 bridgehead atoms. The number of aliphatic hydroxyl groups excluding tert-OH is 1. The number of carbonyl (C=O) groups excluding carboxylic acids is 1. The van der Waals surface area contributed by atoms with Crippen molar-refractivity contribution in [1.29, 1.82) is 0 Å². The molecule has 4 nitrogen and oxygen atoms in total. The van der Waals surface area contributed by atoms with Crippen LogP contribution >= 0.6 is 0 Å². The quantitative estimate of drug-likeness (QED) is 0.772. The summed E-state index contributed by atoms with van der Waals surface area (Å²) in [6.45, 7) is -0.0856. The van der Waals surface area contributed by atoms with Crippen LogP contribution in [0.1, 0.15) is 25.7 Å². The lowest BCUT2D eigenvalue weighted by molar-refractivity contribution is 0.167. The second kappa shape index (κ2) is 5.35. The van der Waals surface area contributed by atoms with Crippen LogP contribution in [-0.2, 0) is 0 Å². The van der Waals surface area contributed by atoms with Gasteiger partial charge in [0, 0.05) is 0 Å². The predicted molar refractivity (Wildman–Crippen MR) is 66.8 cm³/mol. The normalized spacial score (nSPS) is 17.4. The molecule has 0 heterocycles. The summed E-state index contributed by atoms with van der Waals surface area (Å²) in [7, 11) is 0. The van der Waals surface area contributed by atoms with Crippen LogP contribution < -0.4 is 10.6 Å². The number of urea groups is 1. The Morgan fingerprint density at radius 3 is 2.61 bits per heavy atom. The molecule has 0 aliphatic heterocycles. The molecule has 18 heavy (non-hydrogen) atoms. The number of nitrogens with one attached hydrogen (secondary N) is 2. The van der Waals surface area contributed by atoms with E-state index >= 15 is 0 Å². The third-order valence-electron chi connectivity index (χ3n) is 3.36. The van der Waals surface area contributed by atoms with Gasteiger partial charge in [-0.3, -0.25) is 0 Å². The van der Waals surface area contributed by atoms with E-state index in [0.29, 0.717) is 0 Å². The Balaban J connectivity index is 1.98. The van der Waals surface area contributed by atoms with Crippen LogP contribution in [0.2, 0.25) is 0 Å². The molecule has 2 rings (SSSR count). The number of rotatable bonds is 3. The first-order valence-corrected chi connectivity index (χ1v) is 6.10. The van der Waals surface area contributed by atoms with Crippen molar-refractivity contribution in [2.75, 3.05) is 11.9 Å². The van der Waals surface area contributed by atoms with Gasteiger partial charge in [0.15, 0.2) is 0 Å². The minimum atomic E-state index is -0.546. The summed E-state index contributed by atoms with van der Waals surface area (Å²) in [5, 5.41) is 14.6. The Kier molecular flexibility index (Phi) is 3.81. The van der Waals surface area contributed by atoms with Gasteiger partial charge < -0.3 is 15.7 Å². The highest BCUT2D eigenvalue weighted by Gasteiger charge is 2.34. The van der Waals surface area contributed by atoms with Crippen LogP contribution in [0.3, 0.4) is 0 Å². The van der Waals surface area contributed by atoms with E-state index in [9.17, 15) is 14.3 Å². The van der Waals surface area contributed by atoms with Crippen molar-refractivity contribution in [3.63, 3.8) is 0 Å². The fourth-order valence-corrected chi connectivity index (χ4v) is 2.33. The molecule has 1 aliphatic rings. The maximum Gasteiger partial charge on any atom is 0.319 e. The van der Waals surface area contributed by atoms with Gasteiger partial charge in [-0.05, 0) is 25.0 Å². The van der Waals surface area contributed by atoms with E-state index in [-0.39, 0.29) is 12.3 Å². The number of aliphatic hydroxyl groups is 1. The van der Waals surface area contributed by atoms with E-state index in [0.717, 1.165) is 25.7 Å². The molecule has 0 unspecified atom stereocenters. The number of carbonyl (C=O) groups is 1. The molecule has 0 radical (unpaired) electrons. The summed E-state index contributed by atoms with van der Waals surface area (Å²) in [5.74, 6) is -0.475. The third kappa shape index (κ3) is 2.79. The zero-order valence-electron chi connectivity index (χ0n) is 10.1. The zero-order chi connectivity index (χ0) is 13.0. The molecule has 2 amide bonds. The Hall–Kier alpha value is -1.62. The average Bonchev–Trinajstić information content (AvgIpc) is 2.81. The second-order valence-electron chi connectivity index (χ2n) is 4.70. The first kappa shape index (κ1) is 12.8. The number of halogens is 1. The zero-order valence-corrected chi connectivity index (χ0v) is 10.1. The van der Waals surface area contributed by atoms with Gasteiger partial charge in [0.05, 0.1) is 17.8 Å². The van der Waals surface area contributed by atoms with Crippen LogP contribution in [-0.4, -0.2) is 23.3 Å². The van der Waals surface area contributed by atoms with Crippen molar-refractivity contribution in [2.24, 2.45) is 0 Å². The van der Waals surface area contributed by atoms with Crippen LogP contribution in [0.15, 0.2) is 24.3 Å². The highest BCUT2D eigenvalue weighted by Crippen LogP contribution is 2.29. The molecule has 3 N–H and O–H groups in total. The van der Waals surface area contributed by atoms with Crippen LogP contribution in [0.4, 0.5) is 14.9 Å². The first-order chi connectivity index (χ1) is 8.65. The maximum atomic E-state index is 13.3. The molecular formula is C13H17FN2O2. The summed E-state index contributed by atoms with van der Waals surface area (Å²) in [4.78, 5) is 11.8. The summed E-state index contributed by atoms with van der Waals surface area (Å²) in [5.41, 5.74) is -0.406. The number of anilines is 1. The first-order valence-electron chi connectivity index (χ1n) is 6.10. The number of hydrogen-bond donors (Lipinski definition) is 3. The monoisotopic (exact) mass is 252 g/mol. The standard InChI is InChI=1S/C13H17FN2O2/c14-10-5-1-2-6-11(10)15-12(18)16-13(9-17)7-3-4-8-13/h1-2,5-6,17H,3-4,7-9H2,(H2,15,16,18). The fourth-order valence-electron chi connectivity index (χ4n) is 2.33. The Bertz CT molecular complexity index is 431. The number of benzene rings is 1. The van der Waals surface area contributed by atoms with Crippen molar-refractivity contribution in [2.45, 2.75) is 31.2 Å². The second-order valence-corrected chi connectivity index (χ2v) is 4.70. The van der Waals surface area contributed by atoms with E-state index in [1.165, 1.54) is 12.1 Å². The predicted octanol–water partition coefficient (Wildman–Crippen LogP) is 2.25. The molecule has 0 atom stereocenters. The van der Waals surface area contributed by atoms with Crippen LogP contribution in [0.25, 0.3) is 0 Å². The number of amides is 2. The van der Waals surface area contributed by atoms with Gasteiger partial charge in [-0.15, -0.1) is 0 Å². The Morgan fingerprint density at radius 1 is 1.33 bits per heavy atom. The minimum absolute atomic E-state index is 0.0856. The van der Waals surface area contributed by atoms with Crippen molar-refractivity contribution >= 4 is 11.7 Å². The van der Waals surface area contributed by atoms with Crippen molar-refractivity contribution in [3.8, 4) is 0 Å². The smallest absolute Gasteiger partial charge is 0.319 e. The summed E-state index contributed by atoms with van der Waals surface area (Å²) in [6, 6.07) is 5.51. The van der Waals surface area contributed by atoms with Gasteiger partial charge in [0.25, 0.3) is 0 Å². The average molecular weight is 252 g/mol. The molecule has 1 aromatic carbocycles. The molecule has 1 aliphatic carbocycles. The van der Waals surface area contributed by atoms with Gasteiger partial charge in [0.1, 0.15) is 5.82 Å². The third-order valence-corrected chi connectivity index (χ3v) is 3.36. The van der Waals surface area contributed by atoms with Crippen molar-refractivity contribution in [3.05, 3.63) is 30.1 Å². The highest BCUT2D eigenvalue weighted by atomic mass is 19.1. The van der Waals surface area contributed by atoms with Gasteiger partial charge >= 0.3 is 6.03 Å². The lowest BCUT2D eigenvalue weighted by Crippen LogP contribution is -2.50. The number of para-hydroxylation sites is 1. The van der Waals surface area contributed by atoms with Gasteiger partial charge in [0.2, 0.25) is 0 Å². The van der Waals surface area contributed by atoms with Gasteiger partial charge in [-0.1, -0.05) is 25.0 Å². The molecule has 98 valence electrons. The molecule has 0 spiro atoms. The number of hydrogen-bond acceptors (Lipinski definition) is 2. The summed E-state index contributed by atoms with van der Waals surface area (Å²) >= 11 is 0. The van der Waals surface area contributed by atoms with Gasteiger partial charge in [-0.25, -0.2) is 9.18 Å². The highest BCUT2D eigenvalue weighted by molar-refractivity contribution is 5.89. The van der Waals surface area contributed by atoms with Crippen molar-refractivity contribution < 1.29 is 14.3 Å². The maximum absolute atomic E-state index is 13.3. The Labute approximate surface area is 105 Å². The molecule has 5 heteroatoms. The van der Waals surface area contributed by atoms with E-state index in [4.69, 9.17) is 0 Å². The molecule has 0 aromatic heterocycles.